The zero-order chi connectivity index (χ0) is 13.7. The van der Waals surface area contributed by atoms with E-state index in [1.807, 2.05) is 0 Å². The second-order valence-corrected chi connectivity index (χ2v) is 4.89. The maximum atomic E-state index is 11.8. The van der Waals surface area contributed by atoms with Gasteiger partial charge in [-0.25, -0.2) is 4.79 Å². The van der Waals surface area contributed by atoms with Crippen molar-refractivity contribution in [3.63, 3.8) is 0 Å². The zero-order valence-corrected chi connectivity index (χ0v) is 11.3. The number of rotatable bonds is 4. The number of hydrogen-bond acceptors (Lipinski definition) is 3. The van der Waals surface area contributed by atoms with E-state index in [1.165, 1.54) is 0 Å². The molecule has 1 unspecified atom stereocenters. The monoisotopic (exact) mass is 257 g/mol. The van der Waals surface area contributed by atoms with Crippen molar-refractivity contribution in [2.45, 2.75) is 39.3 Å². The van der Waals surface area contributed by atoms with Gasteiger partial charge in [0.15, 0.2) is 0 Å². The van der Waals surface area contributed by atoms with Gasteiger partial charge in [0.1, 0.15) is 6.54 Å². The van der Waals surface area contributed by atoms with Crippen molar-refractivity contribution in [3.05, 3.63) is 0 Å². The van der Waals surface area contributed by atoms with E-state index in [-0.39, 0.29) is 12.6 Å². The molecular formula is C12H23N3O3. The highest BCUT2D eigenvalue weighted by Crippen LogP contribution is 2.15. The van der Waals surface area contributed by atoms with Crippen LogP contribution >= 0.6 is 0 Å². The summed E-state index contributed by atoms with van der Waals surface area (Å²) in [5.74, 6) is -1.02. The smallest absolute Gasteiger partial charge is 0.323 e. The summed E-state index contributed by atoms with van der Waals surface area (Å²) in [6.45, 7) is 8.27. The first-order chi connectivity index (χ1) is 8.45. The Morgan fingerprint density at radius 1 is 1.39 bits per heavy atom. The van der Waals surface area contributed by atoms with E-state index in [2.05, 4.69) is 31.0 Å². The molecule has 0 aliphatic carbocycles. The van der Waals surface area contributed by atoms with Crippen LogP contribution in [-0.2, 0) is 4.79 Å². The lowest BCUT2D eigenvalue weighted by Crippen LogP contribution is -2.58. The number of hydrogen-bond donors (Lipinski definition) is 2. The van der Waals surface area contributed by atoms with E-state index in [4.69, 9.17) is 5.11 Å². The van der Waals surface area contributed by atoms with E-state index in [0.29, 0.717) is 25.2 Å². The molecule has 1 rings (SSSR count). The third-order valence-electron chi connectivity index (χ3n) is 3.34. The molecule has 1 saturated heterocycles. The maximum absolute atomic E-state index is 11.8. The average Bonchev–Trinajstić information content (AvgIpc) is 2.34. The summed E-state index contributed by atoms with van der Waals surface area (Å²) in [5.41, 5.74) is 0. The molecule has 0 aromatic heterocycles. The Bertz CT molecular complexity index is 307. The number of aliphatic carboxylic acids is 1. The minimum Gasteiger partial charge on any atom is -0.480 e. The van der Waals surface area contributed by atoms with Gasteiger partial charge in [-0.1, -0.05) is 6.92 Å². The van der Waals surface area contributed by atoms with Crippen LogP contribution in [0.25, 0.3) is 0 Å². The Hall–Kier alpha value is -1.30. The van der Waals surface area contributed by atoms with Gasteiger partial charge in [-0.05, 0) is 20.3 Å². The first kappa shape index (κ1) is 14.8. The summed E-state index contributed by atoms with van der Waals surface area (Å²) in [6.07, 6.45) is 0.987. The lowest BCUT2D eigenvalue weighted by atomic mass is 10.1. The number of nitrogens with zero attached hydrogens (tertiary/aromatic N) is 2. The van der Waals surface area contributed by atoms with E-state index in [0.717, 1.165) is 13.0 Å². The predicted octanol–water partition coefficient (Wildman–Crippen LogP) is 0.585. The van der Waals surface area contributed by atoms with Crippen LogP contribution in [-0.4, -0.2) is 65.2 Å². The minimum absolute atomic E-state index is 0.278. The fraction of sp³-hybridized carbons (Fsp3) is 0.833. The SMILES string of the molecule is CCC1CN(C(=O)NCC(=O)O)CCN1C(C)C. The number of carboxylic acids is 1. The molecule has 0 saturated carbocycles. The van der Waals surface area contributed by atoms with Gasteiger partial charge in [-0.15, -0.1) is 0 Å². The fourth-order valence-corrected chi connectivity index (χ4v) is 2.36. The van der Waals surface area contributed by atoms with Gasteiger partial charge in [0.2, 0.25) is 0 Å². The summed E-state index contributed by atoms with van der Waals surface area (Å²) in [6, 6.07) is 0.549. The standard InChI is InChI=1S/C12H23N3O3/c1-4-10-8-14(5-6-15(10)9(2)3)12(18)13-7-11(16)17/h9-10H,4-8H2,1-3H3,(H,13,18)(H,16,17). The molecule has 104 valence electrons. The van der Waals surface area contributed by atoms with E-state index in [9.17, 15) is 9.59 Å². The molecule has 6 heteroatoms. The second kappa shape index (κ2) is 6.58. The van der Waals surface area contributed by atoms with Crippen molar-refractivity contribution in [1.82, 2.24) is 15.1 Å². The molecule has 2 N–H and O–H groups in total. The van der Waals surface area contributed by atoms with Gasteiger partial charge < -0.3 is 15.3 Å². The molecule has 1 fully saturated rings. The van der Waals surface area contributed by atoms with Crippen LogP contribution in [0.15, 0.2) is 0 Å². The highest BCUT2D eigenvalue weighted by Gasteiger charge is 2.29. The van der Waals surface area contributed by atoms with Crippen molar-refractivity contribution in [2.24, 2.45) is 0 Å². The molecule has 1 heterocycles. The predicted molar refractivity (Wildman–Crippen MR) is 68.5 cm³/mol. The Kier molecular flexibility index (Phi) is 5.40. The molecule has 1 atom stereocenters. The second-order valence-electron chi connectivity index (χ2n) is 4.89. The van der Waals surface area contributed by atoms with E-state index >= 15 is 0 Å². The van der Waals surface area contributed by atoms with Gasteiger partial charge in [-0.2, -0.15) is 0 Å². The fourth-order valence-electron chi connectivity index (χ4n) is 2.36. The molecule has 0 spiro atoms. The van der Waals surface area contributed by atoms with Crippen LogP contribution in [0.2, 0.25) is 0 Å². The number of nitrogens with one attached hydrogen (secondary N) is 1. The van der Waals surface area contributed by atoms with Crippen LogP contribution in [0.3, 0.4) is 0 Å². The molecule has 0 aromatic carbocycles. The van der Waals surface area contributed by atoms with Crippen LogP contribution in [0, 0.1) is 0 Å². The topological polar surface area (TPSA) is 72.9 Å². The lowest BCUT2D eigenvalue weighted by Gasteiger charge is -2.43. The molecule has 2 amide bonds. The van der Waals surface area contributed by atoms with Gasteiger partial charge in [0.25, 0.3) is 0 Å². The molecule has 0 bridgehead atoms. The first-order valence-electron chi connectivity index (χ1n) is 6.46. The first-order valence-corrected chi connectivity index (χ1v) is 6.46. The third kappa shape index (κ3) is 3.87. The summed E-state index contributed by atoms with van der Waals surface area (Å²) >= 11 is 0. The third-order valence-corrected chi connectivity index (χ3v) is 3.34. The number of carbonyl (C=O) groups excluding carboxylic acids is 1. The van der Waals surface area contributed by atoms with Gasteiger partial charge in [0.05, 0.1) is 0 Å². The van der Waals surface area contributed by atoms with Crippen molar-refractivity contribution < 1.29 is 14.7 Å². The number of carboxylic acid groups (broad SMARTS) is 1. The summed E-state index contributed by atoms with van der Waals surface area (Å²) in [5, 5.41) is 10.9. The largest absolute Gasteiger partial charge is 0.480 e. The van der Waals surface area contributed by atoms with Gasteiger partial charge >= 0.3 is 12.0 Å². The molecule has 0 radical (unpaired) electrons. The molecular weight excluding hydrogens is 234 g/mol. The highest BCUT2D eigenvalue weighted by molar-refractivity contribution is 5.80. The van der Waals surface area contributed by atoms with Crippen molar-refractivity contribution in [1.29, 1.82) is 0 Å². The number of amides is 2. The van der Waals surface area contributed by atoms with Crippen LogP contribution in [0.5, 0.6) is 0 Å². The van der Waals surface area contributed by atoms with Crippen molar-refractivity contribution in [3.8, 4) is 0 Å². The van der Waals surface area contributed by atoms with E-state index in [1.54, 1.807) is 4.90 Å². The summed E-state index contributed by atoms with van der Waals surface area (Å²) < 4.78 is 0. The van der Waals surface area contributed by atoms with Gasteiger partial charge in [0, 0.05) is 31.7 Å². The molecule has 0 aromatic rings. The summed E-state index contributed by atoms with van der Waals surface area (Å²) in [7, 11) is 0. The van der Waals surface area contributed by atoms with Crippen LogP contribution in [0.4, 0.5) is 4.79 Å². The lowest BCUT2D eigenvalue weighted by molar-refractivity contribution is -0.135. The Morgan fingerprint density at radius 2 is 2.06 bits per heavy atom. The zero-order valence-electron chi connectivity index (χ0n) is 11.3. The molecule has 18 heavy (non-hydrogen) atoms. The van der Waals surface area contributed by atoms with Crippen molar-refractivity contribution in [2.75, 3.05) is 26.2 Å². The number of urea groups is 1. The number of carbonyl (C=O) groups is 2. The van der Waals surface area contributed by atoms with Crippen LogP contribution in [0.1, 0.15) is 27.2 Å². The normalized spacial score (nSPS) is 21.1. The summed E-state index contributed by atoms with van der Waals surface area (Å²) in [4.78, 5) is 26.3. The van der Waals surface area contributed by atoms with E-state index < -0.39 is 5.97 Å². The average molecular weight is 257 g/mol. The molecule has 1 aliphatic rings. The number of piperazine rings is 1. The van der Waals surface area contributed by atoms with Gasteiger partial charge in [-0.3, -0.25) is 9.69 Å². The Labute approximate surface area is 108 Å². The molecule has 1 aliphatic heterocycles. The minimum atomic E-state index is -1.02. The highest BCUT2D eigenvalue weighted by atomic mass is 16.4. The Morgan fingerprint density at radius 3 is 2.56 bits per heavy atom. The maximum Gasteiger partial charge on any atom is 0.323 e. The van der Waals surface area contributed by atoms with Crippen LogP contribution < -0.4 is 5.32 Å². The Balaban J connectivity index is 2.51. The van der Waals surface area contributed by atoms with Crippen molar-refractivity contribution >= 4 is 12.0 Å². The molecule has 6 nitrogen and oxygen atoms in total. The quantitative estimate of drug-likeness (QED) is 0.773.